The average molecular weight is 249 g/mol. The Kier molecular flexibility index (Phi) is 2.37. The second-order valence-corrected chi connectivity index (χ2v) is 4.93. The highest BCUT2D eigenvalue weighted by Gasteiger charge is 2.30. The maximum atomic E-state index is 12.0. The van der Waals surface area contributed by atoms with Gasteiger partial charge in [0.15, 0.2) is 0 Å². The summed E-state index contributed by atoms with van der Waals surface area (Å²) >= 11 is 6.00. The molecule has 88 valence electrons. The van der Waals surface area contributed by atoms with Crippen LogP contribution in [0.2, 0.25) is 5.02 Å². The third kappa shape index (κ3) is 1.62. The molecule has 0 bridgehead atoms. The molecule has 4 heteroatoms. The third-order valence-electron chi connectivity index (χ3n) is 3.38. The number of benzene rings is 1. The third-order valence-corrected chi connectivity index (χ3v) is 3.62. The molecule has 2 heterocycles. The fourth-order valence-corrected chi connectivity index (χ4v) is 2.72. The van der Waals surface area contributed by atoms with Crippen LogP contribution in [0.3, 0.4) is 0 Å². The van der Waals surface area contributed by atoms with Crippen molar-refractivity contribution in [3.05, 3.63) is 34.5 Å². The summed E-state index contributed by atoms with van der Waals surface area (Å²) in [6.45, 7) is 1.02. The lowest BCUT2D eigenvalue weighted by Gasteiger charge is -2.15. The Morgan fingerprint density at radius 1 is 1.41 bits per heavy atom. The quantitative estimate of drug-likeness (QED) is 0.716. The van der Waals surface area contributed by atoms with E-state index < -0.39 is 0 Å². The first-order valence-corrected chi connectivity index (χ1v) is 6.10. The van der Waals surface area contributed by atoms with Gasteiger partial charge in [-0.25, -0.2) is 0 Å². The van der Waals surface area contributed by atoms with Crippen LogP contribution in [-0.4, -0.2) is 24.4 Å². The van der Waals surface area contributed by atoms with E-state index in [9.17, 15) is 4.79 Å². The van der Waals surface area contributed by atoms with Crippen molar-refractivity contribution in [2.75, 3.05) is 18.9 Å². The van der Waals surface area contributed by atoms with E-state index in [4.69, 9.17) is 11.6 Å². The molecule has 1 fully saturated rings. The number of hydrogen-bond donors (Lipinski definition) is 1. The van der Waals surface area contributed by atoms with Crippen molar-refractivity contribution in [2.45, 2.75) is 12.8 Å². The van der Waals surface area contributed by atoms with Crippen molar-refractivity contribution < 1.29 is 4.79 Å². The number of nitrogens with zero attached hydrogens (tertiary/aromatic N) is 1. The van der Waals surface area contributed by atoms with Crippen LogP contribution in [-0.2, 0) is 4.79 Å². The number of anilines is 1. The maximum absolute atomic E-state index is 12.0. The number of rotatable bonds is 0. The molecule has 0 spiro atoms. The molecule has 3 nitrogen and oxygen atoms in total. The van der Waals surface area contributed by atoms with Gasteiger partial charge in [-0.15, -0.1) is 0 Å². The van der Waals surface area contributed by atoms with Crippen LogP contribution in [0, 0.1) is 0 Å². The average Bonchev–Trinajstić information content (AvgIpc) is 2.81. The Morgan fingerprint density at radius 3 is 2.94 bits per heavy atom. The molecule has 1 N–H and O–H groups in total. The summed E-state index contributed by atoms with van der Waals surface area (Å²) in [6, 6.07) is 5.52. The van der Waals surface area contributed by atoms with Gasteiger partial charge < -0.3 is 10.2 Å². The number of likely N-dealkylation sites (tertiary alicyclic amines) is 1. The Morgan fingerprint density at radius 2 is 2.24 bits per heavy atom. The van der Waals surface area contributed by atoms with Gasteiger partial charge in [-0.2, -0.15) is 0 Å². The number of amides is 1. The van der Waals surface area contributed by atoms with Crippen LogP contribution in [0.5, 0.6) is 0 Å². The molecule has 0 atom stereocenters. The van der Waals surface area contributed by atoms with Crippen molar-refractivity contribution in [3.63, 3.8) is 0 Å². The second-order valence-electron chi connectivity index (χ2n) is 4.49. The van der Waals surface area contributed by atoms with E-state index in [0.29, 0.717) is 5.02 Å². The van der Waals surface area contributed by atoms with E-state index in [1.807, 2.05) is 19.2 Å². The van der Waals surface area contributed by atoms with Crippen molar-refractivity contribution >= 4 is 28.8 Å². The number of nitrogens with one attached hydrogen (secondary N) is 1. The standard InChI is InChI=1S/C13H13ClN2O/c1-16-6-2-3-11(16)12-9-7-8(14)4-5-10(9)15-13(12)17/h4-5,7H,2-3,6H2,1H3,(H,15,17). The van der Waals surface area contributed by atoms with Crippen molar-refractivity contribution in [2.24, 2.45) is 0 Å². The topological polar surface area (TPSA) is 32.3 Å². The normalized spacial score (nSPS) is 22.9. The van der Waals surface area contributed by atoms with Crippen LogP contribution in [0.15, 0.2) is 23.9 Å². The molecular formula is C13H13ClN2O. The van der Waals surface area contributed by atoms with Crippen LogP contribution in [0.25, 0.3) is 5.57 Å². The minimum Gasteiger partial charge on any atom is -0.377 e. The predicted octanol–water partition coefficient (Wildman–Crippen LogP) is 2.73. The molecular weight excluding hydrogens is 236 g/mol. The fraction of sp³-hybridized carbons (Fsp3) is 0.308. The Bertz CT molecular complexity index is 536. The van der Waals surface area contributed by atoms with Crippen molar-refractivity contribution in [1.29, 1.82) is 0 Å². The summed E-state index contributed by atoms with van der Waals surface area (Å²) < 4.78 is 0. The Hall–Kier alpha value is -1.48. The number of hydrogen-bond acceptors (Lipinski definition) is 2. The Labute approximate surface area is 105 Å². The highest BCUT2D eigenvalue weighted by Crippen LogP contribution is 2.38. The zero-order chi connectivity index (χ0) is 12.0. The van der Waals surface area contributed by atoms with Crippen LogP contribution < -0.4 is 5.32 Å². The largest absolute Gasteiger partial charge is 0.377 e. The monoisotopic (exact) mass is 248 g/mol. The minimum atomic E-state index is -0.00832. The van der Waals surface area contributed by atoms with Gasteiger partial charge in [-0.3, -0.25) is 4.79 Å². The summed E-state index contributed by atoms with van der Waals surface area (Å²) in [4.78, 5) is 14.2. The van der Waals surface area contributed by atoms with E-state index in [-0.39, 0.29) is 5.91 Å². The highest BCUT2D eigenvalue weighted by molar-refractivity contribution is 6.35. The first-order chi connectivity index (χ1) is 8.16. The van der Waals surface area contributed by atoms with Gasteiger partial charge in [-0.05, 0) is 31.0 Å². The first kappa shape index (κ1) is 10.7. The van der Waals surface area contributed by atoms with Crippen LogP contribution >= 0.6 is 11.6 Å². The van der Waals surface area contributed by atoms with E-state index in [2.05, 4.69) is 10.2 Å². The number of allylic oxidation sites excluding steroid dienone is 1. The van der Waals surface area contributed by atoms with E-state index in [1.54, 1.807) is 6.07 Å². The zero-order valence-electron chi connectivity index (χ0n) is 9.59. The molecule has 0 unspecified atom stereocenters. The molecule has 0 saturated carbocycles. The summed E-state index contributed by atoms with van der Waals surface area (Å²) in [5.41, 5.74) is 3.72. The number of fused-ring (bicyclic) bond motifs is 1. The maximum Gasteiger partial charge on any atom is 0.258 e. The summed E-state index contributed by atoms with van der Waals surface area (Å²) in [7, 11) is 2.03. The highest BCUT2D eigenvalue weighted by atomic mass is 35.5. The van der Waals surface area contributed by atoms with Gasteiger partial charge >= 0.3 is 0 Å². The van der Waals surface area contributed by atoms with Gasteiger partial charge in [0, 0.05) is 35.6 Å². The van der Waals surface area contributed by atoms with Gasteiger partial charge in [0.05, 0.1) is 5.57 Å². The van der Waals surface area contributed by atoms with Gasteiger partial charge in [0.1, 0.15) is 0 Å². The number of carbonyl (C=O) groups is 1. The lowest BCUT2D eigenvalue weighted by molar-refractivity contribution is -0.110. The molecule has 2 aliphatic heterocycles. The molecule has 1 amide bonds. The summed E-state index contributed by atoms with van der Waals surface area (Å²) in [5.74, 6) is -0.00832. The molecule has 1 saturated heterocycles. The molecule has 1 aromatic carbocycles. The van der Waals surface area contributed by atoms with Gasteiger partial charge in [-0.1, -0.05) is 11.6 Å². The van der Waals surface area contributed by atoms with E-state index in [1.165, 1.54) is 0 Å². The fourth-order valence-electron chi connectivity index (χ4n) is 2.55. The summed E-state index contributed by atoms with van der Waals surface area (Å²) in [5, 5.41) is 3.56. The molecule has 3 rings (SSSR count). The van der Waals surface area contributed by atoms with Crippen molar-refractivity contribution in [3.8, 4) is 0 Å². The van der Waals surface area contributed by atoms with Gasteiger partial charge in [0.2, 0.25) is 0 Å². The molecule has 0 aromatic heterocycles. The van der Waals surface area contributed by atoms with E-state index in [0.717, 1.165) is 41.9 Å². The minimum absolute atomic E-state index is 0.00832. The molecule has 1 aromatic rings. The van der Waals surface area contributed by atoms with E-state index >= 15 is 0 Å². The SMILES string of the molecule is CN1CCCC1=C1C(=O)Nc2ccc(Cl)cc21. The van der Waals surface area contributed by atoms with Gasteiger partial charge in [0.25, 0.3) is 5.91 Å². The zero-order valence-corrected chi connectivity index (χ0v) is 10.3. The number of carbonyl (C=O) groups excluding carboxylic acids is 1. The molecule has 17 heavy (non-hydrogen) atoms. The van der Waals surface area contributed by atoms with Crippen LogP contribution in [0.1, 0.15) is 18.4 Å². The predicted molar refractivity (Wildman–Crippen MR) is 68.9 cm³/mol. The molecule has 2 aliphatic rings. The number of halogens is 1. The lowest BCUT2D eigenvalue weighted by atomic mass is 10.0. The second kappa shape index (κ2) is 3.77. The lowest BCUT2D eigenvalue weighted by Crippen LogP contribution is -2.15. The Balaban J connectivity index is 2.19. The van der Waals surface area contributed by atoms with Crippen LogP contribution in [0.4, 0.5) is 5.69 Å². The smallest absolute Gasteiger partial charge is 0.258 e. The van der Waals surface area contributed by atoms with Crippen molar-refractivity contribution in [1.82, 2.24) is 4.90 Å². The molecule has 0 radical (unpaired) electrons. The molecule has 0 aliphatic carbocycles. The first-order valence-electron chi connectivity index (χ1n) is 5.72. The summed E-state index contributed by atoms with van der Waals surface area (Å²) in [6.07, 6.45) is 2.07.